The van der Waals surface area contributed by atoms with E-state index in [4.69, 9.17) is 16.1 Å². The van der Waals surface area contributed by atoms with Gasteiger partial charge < -0.3 is 4.52 Å². The van der Waals surface area contributed by atoms with Crippen molar-refractivity contribution in [3.63, 3.8) is 0 Å². The summed E-state index contributed by atoms with van der Waals surface area (Å²) in [4.78, 5) is 11.5. The van der Waals surface area contributed by atoms with Gasteiger partial charge in [0.25, 0.3) is 10.0 Å². The number of amides is 1. The Bertz CT molecular complexity index is 1200. The third-order valence-electron chi connectivity index (χ3n) is 4.29. The first kappa shape index (κ1) is 20.9. The average Bonchev–Trinajstić information content (AvgIpc) is 2.97. The summed E-state index contributed by atoms with van der Waals surface area (Å²) >= 11 is 6.18. The Hall–Kier alpha value is -2.84. The van der Waals surface area contributed by atoms with E-state index in [2.05, 4.69) is 15.2 Å². The molecule has 1 heterocycles. The Labute approximate surface area is 174 Å². The van der Waals surface area contributed by atoms with Gasteiger partial charge in [-0.1, -0.05) is 35.0 Å². The SMILES string of the molecule is CC(=O)Nc1onc(C)c1-c1ccc(C)c(S(=O)(=O)Nc2ccc(C)cc2Cl)c1. The minimum absolute atomic E-state index is 0.0843. The maximum Gasteiger partial charge on any atom is 0.262 e. The molecule has 3 rings (SSSR count). The van der Waals surface area contributed by atoms with Gasteiger partial charge in [-0.15, -0.1) is 0 Å². The van der Waals surface area contributed by atoms with Crippen LogP contribution in [0, 0.1) is 20.8 Å². The van der Waals surface area contributed by atoms with E-state index in [9.17, 15) is 13.2 Å². The smallest absolute Gasteiger partial charge is 0.262 e. The lowest BCUT2D eigenvalue weighted by Gasteiger charge is -2.13. The number of carbonyl (C=O) groups excluding carboxylic acids is 1. The van der Waals surface area contributed by atoms with Gasteiger partial charge >= 0.3 is 0 Å². The predicted octanol–water partition coefficient (Wildman–Crippen LogP) is 4.68. The molecule has 0 aliphatic rings. The minimum atomic E-state index is -3.91. The highest BCUT2D eigenvalue weighted by Gasteiger charge is 2.22. The number of nitrogens with one attached hydrogen (secondary N) is 2. The van der Waals surface area contributed by atoms with Crippen molar-refractivity contribution in [2.75, 3.05) is 10.0 Å². The molecule has 2 N–H and O–H groups in total. The van der Waals surface area contributed by atoms with Gasteiger partial charge in [-0.05, 0) is 55.7 Å². The van der Waals surface area contributed by atoms with E-state index in [-0.39, 0.29) is 16.7 Å². The third kappa shape index (κ3) is 4.44. The third-order valence-corrected chi connectivity index (χ3v) is 6.11. The first-order valence-corrected chi connectivity index (χ1v) is 10.6. The molecule has 0 aliphatic heterocycles. The van der Waals surface area contributed by atoms with Crippen LogP contribution in [0.4, 0.5) is 11.6 Å². The first-order valence-electron chi connectivity index (χ1n) is 8.72. The van der Waals surface area contributed by atoms with E-state index in [1.165, 1.54) is 13.0 Å². The van der Waals surface area contributed by atoms with Gasteiger partial charge in [0.05, 0.1) is 26.9 Å². The highest BCUT2D eigenvalue weighted by Crippen LogP contribution is 2.34. The van der Waals surface area contributed by atoms with Crippen molar-refractivity contribution >= 4 is 39.1 Å². The summed E-state index contributed by atoms with van der Waals surface area (Å²) in [5, 5.41) is 6.75. The number of halogens is 1. The van der Waals surface area contributed by atoms with Gasteiger partial charge in [0.2, 0.25) is 11.8 Å². The van der Waals surface area contributed by atoms with E-state index < -0.39 is 10.0 Å². The van der Waals surface area contributed by atoms with Gasteiger partial charge in [0.1, 0.15) is 0 Å². The zero-order valence-corrected chi connectivity index (χ0v) is 17.9. The zero-order valence-electron chi connectivity index (χ0n) is 16.3. The molecule has 0 spiro atoms. The van der Waals surface area contributed by atoms with Crippen molar-refractivity contribution in [3.8, 4) is 11.1 Å². The van der Waals surface area contributed by atoms with Crippen molar-refractivity contribution < 1.29 is 17.7 Å². The van der Waals surface area contributed by atoms with Crippen LogP contribution in [0.5, 0.6) is 0 Å². The van der Waals surface area contributed by atoms with Gasteiger partial charge in [-0.25, -0.2) is 8.42 Å². The number of aromatic nitrogens is 1. The molecular formula is C20H20ClN3O4S. The van der Waals surface area contributed by atoms with Gasteiger partial charge in [-0.2, -0.15) is 0 Å². The molecule has 29 heavy (non-hydrogen) atoms. The maximum absolute atomic E-state index is 13.1. The Morgan fingerprint density at radius 1 is 1.10 bits per heavy atom. The first-order chi connectivity index (χ1) is 13.6. The van der Waals surface area contributed by atoms with Crippen LogP contribution in [-0.4, -0.2) is 19.5 Å². The molecule has 1 amide bonds. The lowest BCUT2D eigenvalue weighted by Crippen LogP contribution is -2.15. The highest BCUT2D eigenvalue weighted by atomic mass is 35.5. The number of nitrogens with zero attached hydrogens (tertiary/aromatic N) is 1. The van der Waals surface area contributed by atoms with Crippen LogP contribution < -0.4 is 10.0 Å². The molecule has 0 radical (unpaired) electrons. The van der Waals surface area contributed by atoms with Crippen LogP contribution in [0.3, 0.4) is 0 Å². The molecule has 0 aliphatic carbocycles. The summed E-state index contributed by atoms with van der Waals surface area (Å²) in [6.07, 6.45) is 0. The molecule has 9 heteroatoms. The number of hydrogen-bond donors (Lipinski definition) is 2. The van der Waals surface area contributed by atoms with Crippen LogP contribution in [0.2, 0.25) is 5.02 Å². The molecule has 152 valence electrons. The standard InChI is InChI=1S/C20H20ClN3O4S/c1-11-5-8-17(16(21)9-11)24-29(26,27)18-10-15(7-6-12(18)2)19-13(3)23-28-20(19)22-14(4)25/h5-10,24H,1-4H3,(H,22,25). The quantitative estimate of drug-likeness (QED) is 0.608. The lowest BCUT2D eigenvalue weighted by molar-refractivity contribution is -0.114. The molecule has 2 aromatic carbocycles. The van der Waals surface area contributed by atoms with Crippen molar-refractivity contribution in [3.05, 3.63) is 58.2 Å². The summed E-state index contributed by atoms with van der Waals surface area (Å²) in [6.45, 7) is 6.63. The second kappa shape index (κ2) is 7.88. The second-order valence-electron chi connectivity index (χ2n) is 6.72. The van der Waals surface area contributed by atoms with Crippen LogP contribution in [-0.2, 0) is 14.8 Å². The topological polar surface area (TPSA) is 101 Å². The fourth-order valence-electron chi connectivity index (χ4n) is 2.90. The molecule has 0 atom stereocenters. The fourth-order valence-corrected chi connectivity index (χ4v) is 4.59. The lowest BCUT2D eigenvalue weighted by atomic mass is 10.0. The average molecular weight is 434 g/mol. The summed E-state index contributed by atoms with van der Waals surface area (Å²) in [6, 6.07) is 10.0. The molecule has 1 aromatic heterocycles. The van der Waals surface area contributed by atoms with Crippen LogP contribution in [0.15, 0.2) is 45.8 Å². The molecule has 0 saturated heterocycles. The van der Waals surface area contributed by atoms with E-state index in [1.54, 1.807) is 44.2 Å². The summed E-state index contributed by atoms with van der Waals surface area (Å²) in [7, 11) is -3.91. The Morgan fingerprint density at radius 2 is 1.83 bits per heavy atom. The monoisotopic (exact) mass is 433 g/mol. The number of aryl methyl sites for hydroxylation is 3. The number of carbonyl (C=O) groups is 1. The van der Waals surface area contributed by atoms with E-state index in [1.807, 2.05) is 6.92 Å². The molecule has 7 nitrogen and oxygen atoms in total. The van der Waals surface area contributed by atoms with Crippen molar-refractivity contribution in [1.82, 2.24) is 5.16 Å². The van der Waals surface area contributed by atoms with Crippen molar-refractivity contribution in [2.45, 2.75) is 32.6 Å². The maximum atomic E-state index is 13.1. The molecular weight excluding hydrogens is 414 g/mol. The molecule has 3 aromatic rings. The van der Waals surface area contributed by atoms with Crippen LogP contribution in [0.1, 0.15) is 23.7 Å². The molecule has 0 saturated carbocycles. The predicted molar refractivity (Wildman–Crippen MR) is 113 cm³/mol. The number of rotatable bonds is 5. The van der Waals surface area contributed by atoms with Crippen molar-refractivity contribution in [1.29, 1.82) is 0 Å². The van der Waals surface area contributed by atoms with Crippen LogP contribution >= 0.6 is 11.6 Å². The summed E-state index contributed by atoms with van der Waals surface area (Å²) in [5.41, 5.74) is 3.36. The Morgan fingerprint density at radius 3 is 2.48 bits per heavy atom. The Balaban J connectivity index is 2.06. The number of anilines is 2. The van der Waals surface area contributed by atoms with E-state index in [0.717, 1.165) is 5.56 Å². The van der Waals surface area contributed by atoms with Gasteiger partial charge in [0, 0.05) is 6.92 Å². The summed E-state index contributed by atoms with van der Waals surface area (Å²) < 4.78 is 33.8. The number of hydrogen-bond acceptors (Lipinski definition) is 5. The van der Waals surface area contributed by atoms with Gasteiger partial charge in [-0.3, -0.25) is 14.8 Å². The fraction of sp³-hybridized carbons (Fsp3) is 0.200. The van der Waals surface area contributed by atoms with Crippen LogP contribution in [0.25, 0.3) is 11.1 Å². The minimum Gasteiger partial charge on any atom is -0.337 e. The van der Waals surface area contributed by atoms with Gasteiger partial charge in [0.15, 0.2) is 0 Å². The number of benzene rings is 2. The molecule has 0 bridgehead atoms. The zero-order chi connectivity index (χ0) is 21.3. The Kier molecular flexibility index (Phi) is 5.68. The van der Waals surface area contributed by atoms with E-state index in [0.29, 0.717) is 33.1 Å². The normalized spacial score (nSPS) is 11.3. The number of sulfonamides is 1. The highest BCUT2D eigenvalue weighted by molar-refractivity contribution is 7.92. The largest absolute Gasteiger partial charge is 0.337 e. The molecule has 0 fully saturated rings. The second-order valence-corrected chi connectivity index (χ2v) is 8.78. The summed E-state index contributed by atoms with van der Waals surface area (Å²) in [5.74, 6) is -0.158. The van der Waals surface area contributed by atoms with E-state index >= 15 is 0 Å². The molecule has 0 unspecified atom stereocenters. The van der Waals surface area contributed by atoms with Crippen molar-refractivity contribution in [2.24, 2.45) is 0 Å².